The third-order valence-corrected chi connectivity index (χ3v) is 2.74. The lowest BCUT2D eigenvalue weighted by atomic mass is 10.2. The summed E-state index contributed by atoms with van der Waals surface area (Å²) < 4.78 is 12.0. The van der Waals surface area contributed by atoms with E-state index in [-0.39, 0.29) is 5.97 Å². The van der Waals surface area contributed by atoms with Crippen molar-refractivity contribution in [3.05, 3.63) is 42.7 Å². The van der Waals surface area contributed by atoms with Crippen molar-refractivity contribution < 1.29 is 14.3 Å². The summed E-state index contributed by atoms with van der Waals surface area (Å²) >= 11 is 0. The van der Waals surface area contributed by atoms with Gasteiger partial charge in [0, 0.05) is 19.5 Å². The van der Waals surface area contributed by atoms with Crippen LogP contribution >= 0.6 is 0 Å². The van der Waals surface area contributed by atoms with Crippen LogP contribution in [0.1, 0.15) is 13.3 Å². The van der Waals surface area contributed by atoms with E-state index in [9.17, 15) is 4.79 Å². The first-order chi connectivity index (χ1) is 9.24. The van der Waals surface area contributed by atoms with Crippen molar-refractivity contribution in [2.24, 2.45) is 0 Å². The Hall–Kier alpha value is -2.14. The van der Waals surface area contributed by atoms with Gasteiger partial charge in [0.15, 0.2) is 6.10 Å². The third-order valence-electron chi connectivity index (χ3n) is 2.74. The molecule has 1 aromatic heterocycles. The van der Waals surface area contributed by atoms with Crippen LogP contribution in [-0.4, -0.2) is 29.0 Å². The van der Waals surface area contributed by atoms with Crippen molar-refractivity contribution in [1.82, 2.24) is 9.78 Å². The summed E-state index contributed by atoms with van der Waals surface area (Å²) in [6.45, 7) is 1.87. The fraction of sp³-hybridized carbons (Fsp3) is 0.286. The summed E-state index contributed by atoms with van der Waals surface area (Å²) in [7, 11) is 1.50. The minimum Gasteiger partial charge on any atom is -0.425 e. The molecule has 0 fully saturated rings. The van der Waals surface area contributed by atoms with Crippen LogP contribution in [0.25, 0.3) is 5.69 Å². The Morgan fingerprint density at radius 2 is 2.11 bits per heavy atom. The molecule has 0 aliphatic heterocycles. The van der Waals surface area contributed by atoms with Crippen molar-refractivity contribution in [3.8, 4) is 11.4 Å². The third kappa shape index (κ3) is 3.20. The van der Waals surface area contributed by atoms with Gasteiger partial charge in [-0.3, -0.25) is 0 Å². The second-order valence-corrected chi connectivity index (χ2v) is 4.00. The molecule has 1 aromatic carbocycles. The topological polar surface area (TPSA) is 53.4 Å². The highest BCUT2D eigenvalue weighted by molar-refractivity contribution is 5.77. The van der Waals surface area contributed by atoms with Gasteiger partial charge < -0.3 is 9.47 Å². The minimum atomic E-state index is -0.522. The van der Waals surface area contributed by atoms with Crippen LogP contribution in [0, 0.1) is 0 Å². The molecule has 2 rings (SSSR count). The number of rotatable bonds is 5. The van der Waals surface area contributed by atoms with Crippen LogP contribution in [0.5, 0.6) is 5.75 Å². The predicted molar refractivity (Wildman–Crippen MR) is 70.3 cm³/mol. The van der Waals surface area contributed by atoms with E-state index < -0.39 is 6.10 Å². The van der Waals surface area contributed by atoms with E-state index in [1.54, 1.807) is 23.0 Å². The fourth-order valence-electron chi connectivity index (χ4n) is 1.70. The summed E-state index contributed by atoms with van der Waals surface area (Å²) in [4.78, 5) is 11.7. The number of nitrogens with zero attached hydrogens (tertiary/aromatic N) is 2. The Morgan fingerprint density at radius 3 is 2.63 bits per heavy atom. The molecular formula is C14H16N2O3. The van der Waals surface area contributed by atoms with Crippen LogP contribution in [-0.2, 0) is 9.53 Å². The maximum absolute atomic E-state index is 11.7. The van der Waals surface area contributed by atoms with Gasteiger partial charge in [-0.15, -0.1) is 0 Å². The number of benzene rings is 1. The lowest BCUT2D eigenvalue weighted by Gasteiger charge is -2.12. The Morgan fingerprint density at radius 1 is 1.37 bits per heavy atom. The van der Waals surface area contributed by atoms with Crippen LogP contribution in [0.2, 0.25) is 0 Å². The quantitative estimate of drug-likeness (QED) is 0.611. The number of hydrogen-bond acceptors (Lipinski definition) is 4. The summed E-state index contributed by atoms with van der Waals surface area (Å²) in [6.07, 6.45) is 3.61. The normalized spacial score (nSPS) is 12.1. The molecule has 5 nitrogen and oxygen atoms in total. The van der Waals surface area contributed by atoms with Crippen LogP contribution in [0.15, 0.2) is 42.7 Å². The van der Waals surface area contributed by atoms with Gasteiger partial charge in [-0.05, 0) is 36.8 Å². The van der Waals surface area contributed by atoms with Gasteiger partial charge in [-0.2, -0.15) is 5.10 Å². The summed E-state index contributed by atoms with van der Waals surface area (Å²) in [5.74, 6) is 0.119. The first kappa shape index (κ1) is 13.3. The van der Waals surface area contributed by atoms with E-state index >= 15 is 0 Å². The number of carbonyl (C=O) groups is 1. The molecule has 1 heterocycles. The molecule has 1 unspecified atom stereocenters. The van der Waals surface area contributed by atoms with Gasteiger partial charge in [0.1, 0.15) is 5.75 Å². The molecule has 0 bridgehead atoms. The predicted octanol–water partition coefficient (Wildman–Crippen LogP) is 2.20. The maximum Gasteiger partial charge on any atom is 0.340 e. The highest BCUT2D eigenvalue weighted by Crippen LogP contribution is 2.16. The van der Waals surface area contributed by atoms with Crippen molar-refractivity contribution in [1.29, 1.82) is 0 Å². The zero-order valence-electron chi connectivity index (χ0n) is 10.9. The van der Waals surface area contributed by atoms with E-state index in [1.807, 2.05) is 31.3 Å². The smallest absolute Gasteiger partial charge is 0.340 e. The second-order valence-electron chi connectivity index (χ2n) is 4.00. The monoisotopic (exact) mass is 260 g/mol. The number of hydrogen-bond donors (Lipinski definition) is 0. The minimum absolute atomic E-state index is 0.378. The zero-order chi connectivity index (χ0) is 13.7. The average Bonchev–Trinajstić information content (AvgIpc) is 2.95. The molecule has 2 aromatic rings. The van der Waals surface area contributed by atoms with Crippen molar-refractivity contribution in [2.45, 2.75) is 19.4 Å². The van der Waals surface area contributed by atoms with Crippen LogP contribution in [0.3, 0.4) is 0 Å². The SMILES string of the molecule is CCC(OC)C(=O)Oc1ccc(-n2cccn2)cc1. The maximum atomic E-state index is 11.7. The Balaban J connectivity index is 2.05. The number of methoxy groups -OCH3 is 1. The summed E-state index contributed by atoms with van der Waals surface area (Å²) in [5, 5.41) is 4.12. The molecule has 0 N–H and O–H groups in total. The molecule has 19 heavy (non-hydrogen) atoms. The summed E-state index contributed by atoms with van der Waals surface area (Å²) in [5.41, 5.74) is 0.906. The van der Waals surface area contributed by atoms with Gasteiger partial charge in [0.05, 0.1) is 5.69 Å². The van der Waals surface area contributed by atoms with Gasteiger partial charge in [-0.1, -0.05) is 6.92 Å². The first-order valence-corrected chi connectivity index (χ1v) is 6.09. The molecule has 0 amide bonds. The second kappa shape index (κ2) is 6.15. The number of carbonyl (C=O) groups excluding carboxylic acids is 1. The molecule has 0 saturated carbocycles. The largest absolute Gasteiger partial charge is 0.425 e. The summed E-state index contributed by atoms with van der Waals surface area (Å²) in [6, 6.07) is 8.99. The van der Waals surface area contributed by atoms with Gasteiger partial charge in [0.25, 0.3) is 0 Å². The molecule has 0 radical (unpaired) electrons. The standard InChI is InChI=1S/C14H16N2O3/c1-3-13(18-2)14(17)19-12-7-5-11(6-8-12)16-10-4-9-15-16/h4-10,13H,3H2,1-2H3. The van der Waals surface area contributed by atoms with Crippen LogP contribution < -0.4 is 4.74 Å². The van der Waals surface area contributed by atoms with Crippen molar-refractivity contribution in [2.75, 3.05) is 7.11 Å². The number of esters is 1. The highest BCUT2D eigenvalue weighted by Gasteiger charge is 2.17. The Labute approximate surface area is 111 Å². The van der Waals surface area contributed by atoms with Gasteiger partial charge in [-0.25, -0.2) is 9.48 Å². The molecule has 0 saturated heterocycles. The van der Waals surface area contributed by atoms with Crippen molar-refractivity contribution >= 4 is 5.97 Å². The Kier molecular flexibility index (Phi) is 4.30. The van der Waals surface area contributed by atoms with E-state index in [1.165, 1.54) is 7.11 Å². The highest BCUT2D eigenvalue weighted by atomic mass is 16.6. The molecule has 0 spiro atoms. The van der Waals surface area contributed by atoms with Gasteiger partial charge in [0.2, 0.25) is 0 Å². The molecule has 5 heteroatoms. The van der Waals surface area contributed by atoms with E-state index in [2.05, 4.69) is 5.10 Å². The lowest BCUT2D eigenvalue weighted by Crippen LogP contribution is -2.26. The van der Waals surface area contributed by atoms with Crippen LogP contribution in [0.4, 0.5) is 0 Å². The lowest BCUT2D eigenvalue weighted by molar-refractivity contribution is -0.145. The molecule has 0 aliphatic rings. The Bertz CT molecular complexity index is 516. The van der Waals surface area contributed by atoms with E-state index in [0.717, 1.165) is 5.69 Å². The molecular weight excluding hydrogens is 244 g/mol. The average molecular weight is 260 g/mol. The molecule has 0 aliphatic carbocycles. The first-order valence-electron chi connectivity index (χ1n) is 6.09. The van der Waals surface area contributed by atoms with E-state index in [0.29, 0.717) is 12.2 Å². The van der Waals surface area contributed by atoms with Gasteiger partial charge >= 0.3 is 5.97 Å². The fourth-order valence-corrected chi connectivity index (χ4v) is 1.70. The van der Waals surface area contributed by atoms with E-state index in [4.69, 9.17) is 9.47 Å². The molecule has 100 valence electrons. The van der Waals surface area contributed by atoms with Crippen molar-refractivity contribution in [3.63, 3.8) is 0 Å². The number of ether oxygens (including phenoxy) is 2. The number of aromatic nitrogens is 2. The molecule has 1 atom stereocenters. The zero-order valence-corrected chi connectivity index (χ0v) is 10.9.